The van der Waals surface area contributed by atoms with E-state index in [0.717, 1.165) is 10.2 Å². The van der Waals surface area contributed by atoms with Gasteiger partial charge < -0.3 is 4.74 Å². The van der Waals surface area contributed by atoms with Gasteiger partial charge in [-0.25, -0.2) is 22.9 Å². The third-order valence-electron chi connectivity index (χ3n) is 3.51. The van der Waals surface area contributed by atoms with Crippen LogP contribution in [-0.2, 0) is 21.4 Å². The number of carbonyl (C=O) groups excluding carboxylic acids is 1. The van der Waals surface area contributed by atoms with E-state index in [1.807, 2.05) is 24.3 Å². The zero-order chi connectivity index (χ0) is 19.7. The molecule has 0 aliphatic carbocycles. The molecule has 8 heteroatoms. The van der Waals surface area contributed by atoms with Gasteiger partial charge in [-0.2, -0.15) is 0 Å². The van der Waals surface area contributed by atoms with E-state index in [9.17, 15) is 13.2 Å². The molecule has 1 N–H and O–H groups in total. The van der Waals surface area contributed by atoms with E-state index in [4.69, 9.17) is 4.74 Å². The molecule has 6 nitrogen and oxygen atoms in total. The fourth-order valence-corrected chi connectivity index (χ4v) is 4.72. The van der Waals surface area contributed by atoms with E-state index in [1.165, 1.54) is 35.6 Å². The Hall–Kier alpha value is -2.29. The van der Waals surface area contributed by atoms with E-state index in [2.05, 4.69) is 9.71 Å². The van der Waals surface area contributed by atoms with Crippen LogP contribution in [0.2, 0.25) is 0 Å². The average Bonchev–Trinajstić information content (AvgIpc) is 3.00. The molecule has 0 bridgehead atoms. The van der Waals surface area contributed by atoms with E-state index in [-0.39, 0.29) is 17.1 Å². The Labute approximate surface area is 162 Å². The minimum Gasteiger partial charge on any atom is -0.455 e. The Morgan fingerprint density at radius 1 is 1.11 bits per heavy atom. The molecule has 0 radical (unpaired) electrons. The number of hydrogen-bond acceptors (Lipinski definition) is 6. The number of thiazole rings is 1. The fourth-order valence-electron chi connectivity index (χ4n) is 2.42. The lowest BCUT2D eigenvalue weighted by Gasteiger charge is -2.20. The minimum atomic E-state index is -3.64. The first-order valence-corrected chi connectivity index (χ1v) is 10.6. The fraction of sp³-hybridized carbons (Fsp3) is 0.263. The summed E-state index contributed by atoms with van der Waals surface area (Å²) in [7, 11) is -3.64. The quantitative estimate of drug-likeness (QED) is 0.655. The molecular formula is C19H20N2O4S2. The largest absolute Gasteiger partial charge is 0.455 e. The Kier molecular flexibility index (Phi) is 5.32. The SMILES string of the molecule is CC(C)(C)NS(=O)(=O)c1ccc(C(=O)OCc2nc3ccccc3s2)cc1. The summed E-state index contributed by atoms with van der Waals surface area (Å²) in [5.74, 6) is -0.526. The van der Waals surface area contributed by atoms with Gasteiger partial charge in [-0.1, -0.05) is 12.1 Å². The van der Waals surface area contributed by atoms with Crippen LogP contribution in [0.4, 0.5) is 0 Å². The number of sulfonamides is 1. The number of nitrogens with one attached hydrogen (secondary N) is 1. The van der Waals surface area contributed by atoms with Crippen molar-refractivity contribution < 1.29 is 17.9 Å². The molecule has 2 aromatic carbocycles. The molecule has 0 unspecified atom stereocenters. The highest BCUT2D eigenvalue weighted by atomic mass is 32.2. The number of nitrogens with zero attached hydrogens (tertiary/aromatic N) is 1. The normalized spacial score (nSPS) is 12.3. The smallest absolute Gasteiger partial charge is 0.338 e. The average molecular weight is 405 g/mol. The molecular weight excluding hydrogens is 384 g/mol. The van der Waals surface area contributed by atoms with Gasteiger partial charge in [0.2, 0.25) is 10.0 Å². The second kappa shape index (κ2) is 7.38. The number of ether oxygens (including phenoxy) is 1. The maximum Gasteiger partial charge on any atom is 0.338 e. The number of carbonyl (C=O) groups is 1. The molecule has 142 valence electrons. The molecule has 0 fully saturated rings. The van der Waals surface area contributed by atoms with Crippen LogP contribution in [0, 0.1) is 0 Å². The molecule has 0 saturated heterocycles. The Balaban J connectivity index is 1.67. The van der Waals surface area contributed by atoms with Crippen molar-refractivity contribution in [2.24, 2.45) is 0 Å². The van der Waals surface area contributed by atoms with Crippen LogP contribution in [-0.4, -0.2) is 24.9 Å². The Morgan fingerprint density at radius 3 is 2.41 bits per heavy atom. The summed E-state index contributed by atoms with van der Waals surface area (Å²) < 4.78 is 33.5. The van der Waals surface area contributed by atoms with Crippen LogP contribution in [0.1, 0.15) is 36.1 Å². The van der Waals surface area contributed by atoms with Gasteiger partial charge in [0.05, 0.1) is 20.7 Å². The van der Waals surface area contributed by atoms with Crippen LogP contribution >= 0.6 is 11.3 Å². The summed E-state index contributed by atoms with van der Waals surface area (Å²) in [6.45, 7) is 5.36. The van der Waals surface area contributed by atoms with E-state index < -0.39 is 21.5 Å². The maximum absolute atomic E-state index is 12.3. The number of para-hydroxylation sites is 1. The van der Waals surface area contributed by atoms with Crippen LogP contribution in [0.5, 0.6) is 0 Å². The van der Waals surface area contributed by atoms with E-state index in [0.29, 0.717) is 5.01 Å². The maximum atomic E-state index is 12.3. The molecule has 0 saturated carbocycles. The van der Waals surface area contributed by atoms with Crippen molar-refractivity contribution >= 4 is 37.5 Å². The third-order valence-corrected chi connectivity index (χ3v) is 6.29. The summed E-state index contributed by atoms with van der Waals surface area (Å²) in [4.78, 5) is 16.7. The lowest BCUT2D eigenvalue weighted by molar-refractivity contribution is 0.0472. The zero-order valence-corrected chi connectivity index (χ0v) is 16.9. The second-order valence-corrected chi connectivity index (χ2v) is 9.83. The van der Waals surface area contributed by atoms with Crippen LogP contribution in [0.15, 0.2) is 53.4 Å². The van der Waals surface area contributed by atoms with Gasteiger partial charge in [-0.15, -0.1) is 11.3 Å². The number of rotatable bonds is 5. The van der Waals surface area contributed by atoms with Crippen LogP contribution in [0.25, 0.3) is 10.2 Å². The zero-order valence-electron chi connectivity index (χ0n) is 15.2. The summed E-state index contributed by atoms with van der Waals surface area (Å²) in [6.07, 6.45) is 0. The van der Waals surface area contributed by atoms with Crippen molar-refractivity contribution in [3.8, 4) is 0 Å². The van der Waals surface area contributed by atoms with Gasteiger partial charge in [0.1, 0.15) is 11.6 Å². The van der Waals surface area contributed by atoms with Crippen LogP contribution < -0.4 is 4.72 Å². The molecule has 3 rings (SSSR count). The highest BCUT2D eigenvalue weighted by Crippen LogP contribution is 2.22. The molecule has 0 amide bonds. The van der Waals surface area contributed by atoms with Crippen molar-refractivity contribution in [2.75, 3.05) is 0 Å². The second-order valence-electron chi connectivity index (χ2n) is 7.03. The Bertz CT molecular complexity index is 1030. The van der Waals surface area contributed by atoms with E-state index in [1.54, 1.807) is 20.8 Å². The number of fused-ring (bicyclic) bond motifs is 1. The molecule has 0 spiro atoms. The number of benzene rings is 2. The van der Waals surface area contributed by atoms with Crippen molar-refractivity contribution in [1.29, 1.82) is 0 Å². The summed E-state index contributed by atoms with van der Waals surface area (Å²) >= 11 is 1.47. The lowest BCUT2D eigenvalue weighted by Crippen LogP contribution is -2.40. The number of aromatic nitrogens is 1. The van der Waals surface area contributed by atoms with Gasteiger partial charge in [-0.3, -0.25) is 0 Å². The molecule has 27 heavy (non-hydrogen) atoms. The van der Waals surface area contributed by atoms with Gasteiger partial charge in [0, 0.05) is 5.54 Å². The third kappa shape index (κ3) is 4.91. The predicted molar refractivity (Wildman–Crippen MR) is 105 cm³/mol. The standard InChI is InChI=1S/C19H20N2O4S2/c1-19(2,3)21-27(23,24)14-10-8-13(9-11-14)18(22)25-12-17-20-15-6-4-5-7-16(15)26-17/h4-11,21H,12H2,1-3H3. The van der Waals surface area contributed by atoms with Gasteiger partial charge in [0.15, 0.2) is 0 Å². The minimum absolute atomic E-state index is 0.0732. The summed E-state index contributed by atoms with van der Waals surface area (Å²) in [5.41, 5.74) is 0.563. The molecule has 3 aromatic rings. The predicted octanol–water partition coefficient (Wildman–Crippen LogP) is 3.73. The molecule has 0 aliphatic rings. The molecule has 1 aromatic heterocycles. The monoisotopic (exact) mass is 404 g/mol. The van der Waals surface area contributed by atoms with Crippen LogP contribution in [0.3, 0.4) is 0 Å². The topological polar surface area (TPSA) is 85.4 Å². The molecule has 0 atom stereocenters. The van der Waals surface area contributed by atoms with Gasteiger partial charge in [0.25, 0.3) is 0 Å². The lowest BCUT2D eigenvalue weighted by atomic mass is 10.1. The first kappa shape index (κ1) is 19.5. The highest BCUT2D eigenvalue weighted by molar-refractivity contribution is 7.89. The molecule has 0 aliphatic heterocycles. The van der Waals surface area contributed by atoms with Crippen molar-refractivity contribution in [1.82, 2.24) is 9.71 Å². The first-order chi connectivity index (χ1) is 12.6. The Morgan fingerprint density at radius 2 is 1.78 bits per heavy atom. The van der Waals surface area contributed by atoms with Gasteiger partial charge >= 0.3 is 5.97 Å². The summed E-state index contributed by atoms with van der Waals surface area (Å²) in [6, 6.07) is 13.4. The van der Waals surface area contributed by atoms with Crippen molar-refractivity contribution in [3.05, 3.63) is 59.1 Å². The van der Waals surface area contributed by atoms with E-state index >= 15 is 0 Å². The summed E-state index contributed by atoms with van der Waals surface area (Å²) in [5, 5.41) is 0.707. The first-order valence-electron chi connectivity index (χ1n) is 8.30. The number of hydrogen-bond donors (Lipinski definition) is 1. The number of esters is 1. The highest BCUT2D eigenvalue weighted by Gasteiger charge is 2.22. The van der Waals surface area contributed by atoms with Crippen molar-refractivity contribution in [2.45, 2.75) is 37.8 Å². The molecule has 1 heterocycles. The van der Waals surface area contributed by atoms with Gasteiger partial charge in [-0.05, 0) is 57.2 Å². The van der Waals surface area contributed by atoms with Crippen molar-refractivity contribution in [3.63, 3.8) is 0 Å².